The molecule has 2 aromatic rings. The highest BCUT2D eigenvalue weighted by Gasteiger charge is 2.36. The van der Waals surface area contributed by atoms with E-state index in [1.807, 2.05) is 13.1 Å². The number of nitrogens with zero attached hydrogens (tertiary/aromatic N) is 4. The van der Waals surface area contributed by atoms with Crippen molar-refractivity contribution in [3.8, 4) is 0 Å². The van der Waals surface area contributed by atoms with Gasteiger partial charge in [-0.3, -0.25) is 9.80 Å². The fourth-order valence-corrected chi connectivity index (χ4v) is 5.91. The number of hydrogen-bond donors (Lipinski definition) is 0. The van der Waals surface area contributed by atoms with E-state index in [-0.39, 0.29) is 0 Å². The van der Waals surface area contributed by atoms with E-state index < -0.39 is 9.84 Å². The van der Waals surface area contributed by atoms with Gasteiger partial charge in [0.15, 0.2) is 9.84 Å². The summed E-state index contributed by atoms with van der Waals surface area (Å²) in [4.78, 5) is 9.22. The molecule has 0 amide bonds. The maximum absolute atomic E-state index is 11.7. The number of sulfone groups is 1. The molecule has 0 aliphatic carbocycles. The molecule has 8 heteroatoms. The van der Waals surface area contributed by atoms with Gasteiger partial charge in [0, 0.05) is 50.9 Å². The molecule has 154 valence electrons. The molecule has 2 fully saturated rings. The van der Waals surface area contributed by atoms with E-state index >= 15 is 0 Å². The van der Waals surface area contributed by atoms with Crippen molar-refractivity contribution < 1.29 is 8.42 Å². The topological polar surface area (TPSA) is 57.9 Å². The van der Waals surface area contributed by atoms with Crippen molar-refractivity contribution in [2.75, 3.05) is 44.2 Å². The third-order valence-electron chi connectivity index (χ3n) is 6.30. The van der Waals surface area contributed by atoms with Gasteiger partial charge in [0.25, 0.3) is 0 Å². The molecule has 0 N–H and O–H groups in total. The van der Waals surface area contributed by atoms with Crippen molar-refractivity contribution >= 4 is 27.0 Å². The summed E-state index contributed by atoms with van der Waals surface area (Å²) in [6.07, 6.45) is 3.99. The zero-order chi connectivity index (χ0) is 20.1. The summed E-state index contributed by atoms with van der Waals surface area (Å²) >= 11 is 6.47. The van der Waals surface area contributed by atoms with Crippen LogP contribution in [0, 0.1) is 12.8 Å². The molecule has 1 atom stereocenters. The highest BCUT2D eigenvalue weighted by atomic mass is 35.5. The molecule has 0 unspecified atom stereocenters. The third-order valence-corrected chi connectivity index (χ3v) is 8.21. The second-order valence-corrected chi connectivity index (χ2v) is 11.3. The summed E-state index contributed by atoms with van der Waals surface area (Å²) in [5, 5.41) is 0.756. The Kier molecular flexibility index (Phi) is 5.46. The zero-order valence-corrected chi connectivity index (χ0v) is 18.4. The fraction of sp³-hybridized carbons (Fsp3) is 0.650. The van der Waals surface area contributed by atoms with Crippen LogP contribution >= 0.6 is 11.6 Å². The van der Waals surface area contributed by atoms with E-state index in [4.69, 9.17) is 11.6 Å². The molecule has 0 bridgehead atoms. The number of imidazole rings is 1. The van der Waals surface area contributed by atoms with Crippen LogP contribution in [0.3, 0.4) is 0 Å². The third kappa shape index (κ3) is 3.95. The Morgan fingerprint density at radius 2 is 1.93 bits per heavy atom. The SMILES string of the molecule is Cc1ncc2c(Cl)cc(C3CN([C@H](CN4CCS(=O)(=O)CC4)C(C)C)C3)cn12. The lowest BCUT2D eigenvalue weighted by Gasteiger charge is -2.48. The van der Waals surface area contributed by atoms with Gasteiger partial charge in [0.05, 0.1) is 28.2 Å². The quantitative estimate of drug-likeness (QED) is 0.737. The molecule has 6 nitrogen and oxygen atoms in total. The molecule has 4 heterocycles. The van der Waals surface area contributed by atoms with Crippen molar-refractivity contribution in [1.29, 1.82) is 0 Å². The van der Waals surface area contributed by atoms with Crippen LogP contribution in [0.1, 0.15) is 31.2 Å². The summed E-state index contributed by atoms with van der Waals surface area (Å²) < 4.78 is 25.5. The lowest BCUT2D eigenvalue weighted by atomic mass is 9.88. The van der Waals surface area contributed by atoms with Gasteiger partial charge in [-0.05, 0) is 24.5 Å². The minimum atomic E-state index is -2.82. The van der Waals surface area contributed by atoms with Crippen LogP contribution in [-0.4, -0.2) is 77.9 Å². The molecule has 2 aliphatic rings. The van der Waals surface area contributed by atoms with Gasteiger partial charge in [-0.2, -0.15) is 0 Å². The normalized spacial score (nSPS) is 22.6. The van der Waals surface area contributed by atoms with Crippen LogP contribution in [0.5, 0.6) is 0 Å². The number of hydrogen-bond acceptors (Lipinski definition) is 5. The maximum atomic E-state index is 11.7. The molecule has 0 aromatic carbocycles. The standard InChI is InChI=1S/C20H29ClN4O2S/c1-14(2)20(13-23-4-6-28(26,27)7-5-23)24-10-17(11-24)16-8-18(21)19-9-22-15(3)25(19)12-16/h8-9,12,14,17,20H,4-7,10-11,13H2,1-3H3/t20-/m1/s1. The average Bonchev–Trinajstić information content (AvgIpc) is 2.96. The van der Waals surface area contributed by atoms with Gasteiger partial charge in [-0.1, -0.05) is 25.4 Å². The monoisotopic (exact) mass is 424 g/mol. The van der Waals surface area contributed by atoms with Gasteiger partial charge >= 0.3 is 0 Å². The van der Waals surface area contributed by atoms with Gasteiger partial charge in [-0.15, -0.1) is 0 Å². The second-order valence-electron chi connectivity index (χ2n) is 8.60. The first-order valence-corrected chi connectivity index (χ1v) is 12.2. The molecule has 0 spiro atoms. The predicted octanol–water partition coefficient (Wildman–Crippen LogP) is 2.45. The Bertz CT molecular complexity index is 952. The second kappa shape index (κ2) is 7.59. The number of pyridine rings is 1. The lowest BCUT2D eigenvalue weighted by molar-refractivity contribution is 0.0419. The number of likely N-dealkylation sites (tertiary alicyclic amines) is 1. The van der Waals surface area contributed by atoms with Crippen LogP contribution < -0.4 is 0 Å². The highest BCUT2D eigenvalue weighted by molar-refractivity contribution is 7.91. The number of rotatable bonds is 5. The Hall–Kier alpha value is -1.15. The molecule has 4 rings (SSSR count). The molecule has 0 saturated carbocycles. The van der Waals surface area contributed by atoms with Gasteiger partial charge in [0.2, 0.25) is 0 Å². The van der Waals surface area contributed by atoms with Crippen molar-refractivity contribution in [3.63, 3.8) is 0 Å². The summed E-state index contributed by atoms with van der Waals surface area (Å²) in [6, 6.07) is 2.53. The average molecular weight is 425 g/mol. The number of halogens is 1. The first-order valence-electron chi connectivity index (χ1n) is 10.0. The molecular formula is C20H29ClN4O2S. The maximum Gasteiger partial charge on any atom is 0.152 e. The predicted molar refractivity (Wildman–Crippen MR) is 113 cm³/mol. The van der Waals surface area contributed by atoms with E-state index in [1.165, 1.54) is 5.56 Å². The summed E-state index contributed by atoms with van der Waals surface area (Å²) in [6.45, 7) is 10.8. The van der Waals surface area contributed by atoms with Gasteiger partial charge in [0.1, 0.15) is 5.82 Å². The Morgan fingerprint density at radius 3 is 2.57 bits per heavy atom. The van der Waals surface area contributed by atoms with Crippen LogP contribution in [-0.2, 0) is 9.84 Å². The first kappa shape index (κ1) is 20.1. The van der Waals surface area contributed by atoms with E-state index in [0.29, 0.717) is 42.5 Å². The Morgan fingerprint density at radius 1 is 1.25 bits per heavy atom. The summed E-state index contributed by atoms with van der Waals surface area (Å²) in [5.41, 5.74) is 2.22. The summed E-state index contributed by atoms with van der Waals surface area (Å²) in [5.74, 6) is 2.55. The van der Waals surface area contributed by atoms with Crippen molar-refractivity contribution in [3.05, 3.63) is 34.9 Å². The molecule has 2 aromatic heterocycles. The smallest absolute Gasteiger partial charge is 0.152 e. The molecular weight excluding hydrogens is 396 g/mol. The molecule has 0 radical (unpaired) electrons. The Labute approximate surface area is 172 Å². The molecule has 2 saturated heterocycles. The van der Waals surface area contributed by atoms with Crippen molar-refractivity contribution in [1.82, 2.24) is 19.2 Å². The lowest BCUT2D eigenvalue weighted by Crippen LogP contribution is -2.57. The van der Waals surface area contributed by atoms with Gasteiger partial charge < -0.3 is 4.40 Å². The van der Waals surface area contributed by atoms with Crippen LogP contribution in [0.15, 0.2) is 18.5 Å². The van der Waals surface area contributed by atoms with Crippen LogP contribution in [0.2, 0.25) is 5.02 Å². The largest absolute Gasteiger partial charge is 0.302 e. The molecule has 28 heavy (non-hydrogen) atoms. The fourth-order valence-electron chi connectivity index (χ4n) is 4.36. The molecule has 2 aliphatic heterocycles. The first-order chi connectivity index (χ1) is 13.2. The summed E-state index contributed by atoms with van der Waals surface area (Å²) in [7, 11) is -2.82. The van der Waals surface area contributed by atoms with E-state index in [0.717, 1.165) is 36.0 Å². The number of fused-ring (bicyclic) bond motifs is 1. The van der Waals surface area contributed by atoms with Crippen molar-refractivity contribution in [2.24, 2.45) is 5.92 Å². The van der Waals surface area contributed by atoms with E-state index in [2.05, 4.69) is 45.3 Å². The number of aromatic nitrogens is 2. The van der Waals surface area contributed by atoms with Gasteiger partial charge in [-0.25, -0.2) is 13.4 Å². The van der Waals surface area contributed by atoms with Crippen LogP contribution in [0.25, 0.3) is 5.52 Å². The highest BCUT2D eigenvalue weighted by Crippen LogP contribution is 2.33. The minimum absolute atomic E-state index is 0.295. The Balaban J connectivity index is 1.42. The van der Waals surface area contributed by atoms with Crippen LogP contribution in [0.4, 0.5) is 0 Å². The van der Waals surface area contributed by atoms with E-state index in [1.54, 1.807) is 0 Å². The minimum Gasteiger partial charge on any atom is -0.302 e. The zero-order valence-electron chi connectivity index (χ0n) is 16.8. The van der Waals surface area contributed by atoms with Crippen molar-refractivity contribution in [2.45, 2.75) is 32.7 Å². The number of aryl methyl sites for hydroxylation is 1. The van der Waals surface area contributed by atoms with E-state index in [9.17, 15) is 8.42 Å².